The molecule has 0 aliphatic rings. The monoisotopic (exact) mass is 375 g/mol. The Labute approximate surface area is 162 Å². The molecule has 0 saturated heterocycles. The first-order valence-electron chi connectivity index (χ1n) is 8.66. The Kier molecular flexibility index (Phi) is 5.31. The zero-order chi connectivity index (χ0) is 20.3. The first-order chi connectivity index (χ1) is 13.4. The molecule has 1 heterocycles. The molecule has 6 heteroatoms. The highest BCUT2D eigenvalue weighted by atomic mass is 16.4. The number of hydrogen-bond acceptors (Lipinski definition) is 3. The lowest BCUT2D eigenvalue weighted by molar-refractivity contribution is 0.0697. The van der Waals surface area contributed by atoms with E-state index in [2.05, 4.69) is 11.7 Å². The maximum atomic E-state index is 12.7. The molecule has 0 saturated carbocycles. The normalized spacial score (nSPS) is 11.9. The van der Waals surface area contributed by atoms with Crippen LogP contribution in [-0.2, 0) is 0 Å². The molecule has 0 unspecified atom stereocenters. The van der Waals surface area contributed by atoms with E-state index in [4.69, 9.17) is 5.11 Å². The van der Waals surface area contributed by atoms with E-state index in [9.17, 15) is 9.59 Å². The SMILES string of the molecule is C=c1[nH]n(-c2ccc(C(=O)O)cc2)c(=O)c1=CC=Cc1ccc(N(C)C)cc1. The maximum absolute atomic E-state index is 12.7. The van der Waals surface area contributed by atoms with Gasteiger partial charge in [-0.3, -0.25) is 9.89 Å². The summed E-state index contributed by atoms with van der Waals surface area (Å²) < 4.78 is 1.35. The molecule has 0 aliphatic heterocycles. The van der Waals surface area contributed by atoms with Crippen LogP contribution in [0, 0.1) is 0 Å². The molecule has 0 fully saturated rings. The predicted molar refractivity (Wildman–Crippen MR) is 112 cm³/mol. The molecular formula is C22H21N3O3. The van der Waals surface area contributed by atoms with Crippen molar-refractivity contribution in [3.05, 3.63) is 86.7 Å². The van der Waals surface area contributed by atoms with Gasteiger partial charge in [-0.25, -0.2) is 9.48 Å². The number of aromatic carboxylic acids is 1. The summed E-state index contributed by atoms with van der Waals surface area (Å²) in [5.74, 6) is -1.01. The van der Waals surface area contributed by atoms with Gasteiger partial charge in [-0.2, -0.15) is 0 Å². The van der Waals surface area contributed by atoms with Gasteiger partial charge in [0.2, 0.25) is 0 Å². The lowest BCUT2D eigenvalue weighted by atomic mass is 10.2. The van der Waals surface area contributed by atoms with E-state index in [0.29, 0.717) is 16.3 Å². The highest BCUT2D eigenvalue weighted by Gasteiger charge is 2.06. The van der Waals surface area contributed by atoms with Crippen molar-refractivity contribution in [2.75, 3.05) is 19.0 Å². The van der Waals surface area contributed by atoms with Crippen LogP contribution in [0.2, 0.25) is 0 Å². The van der Waals surface area contributed by atoms with Gasteiger partial charge in [0, 0.05) is 19.8 Å². The second kappa shape index (κ2) is 7.84. The van der Waals surface area contributed by atoms with Crippen LogP contribution in [-0.4, -0.2) is 35.0 Å². The number of aromatic nitrogens is 2. The third kappa shape index (κ3) is 3.96. The van der Waals surface area contributed by atoms with Crippen molar-refractivity contribution < 1.29 is 9.90 Å². The molecule has 2 N–H and O–H groups in total. The maximum Gasteiger partial charge on any atom is 0.335 e. The highest BCUT2D eigenvalue weighted by Crippen LogP contribution is 2.13. The Hall–Kier alpha value is -3.80. The van der Waals surface area contributed by atoms with E-state index in [1.807, 2.05) is 55.4 Å². The smallest absolute Gasteiger partial charge is 0.335 e. The molecule has 0 aliphatic carbocycles. The minimum Gasteiger partial charge on any atom is -0.478 e. The van der Waals surface area contributed by atoms with Crippen molar-refractivity contribution in [1.29, 1.82) is 0 Å². The molecule has 0 amide bonds. The summed E-state index contributed by atoms with van der Waals surface area (Å²) in [4.78, 5) is 25.7. The van der Waals surface area contributed by atoms with Gasteiger partial charge in [0.05, 0.1) is 21.8 Å². The molecule has 142 valence electrons. The Balaban J connectivity index is 1.90. The number of hydrogen-bond donors (Lipinski definition) is 2. The van der Waals surface area contributed by atoms with Gasteiger partial charge in [-0.05, 0) is 48.0 Å². The van der Waals surface area contributed by atoms with Crippen LogP contribution < -0.4 is 21.0 Å². The van der Waals surface area contributed by atoms with E-state index in [0.717, 1.165) is 11.3 Å². The number of carboxylic acid groups (broad SMARTS) is 1. The number of rotatable bonds is 5. The number of nitrogens with zero attached hydrogens (tertiary/aromatic N) is 2. The van der Waals surface area contributed by atoms with E-state index in [1.165, 1.54) is 16.8 Å². The Morgan fingerprint density at radius 2 is 1.75 bits per heavy atom. The van der Waals surface area contributed by atoms with E-state index in [-0.39, 0.29) is 11.1 Å². The molecular weight excluding hydrogens is 354 g/mol. The van der Waals surface area contributed by atoms with Crippen LogP contribution in [0.15, 0.2) is 59.4 Å². The van der Waals surface area contributed by atoms with Gasteiger partial charge < -0.3 is 10.0 Å². The zero-order valence-electron chi connectivity index (χ0n) is 15.7. The molecule has 0 atom stereocenters. The third-order valence-electron chi connectivity index (χ3n) is 4.34. The fourth-order valence-electron chi connectivity index (χ4n) is 2.74. The van der Waals surface area contributed by atoms with Gasteiger partial charge in [-0.1, -0.05) is 30.9 Å². The Bertz CT molecular complexity index is 1180. The Morgan fingerprint density at radius 1 is 1.11 bits per heavy atom. The second-order valence-electron chi connectivity index (χ2n) is 6.51. The standard InChI is InChI=1S/C22H21N3O3/c1-15-20(6-4-5-16-7-11-18(12-8-16)24(2)3)21(26)25(23-15)19-13-9-17(10-14-19)22(27)28/h4-14,23H,1H2,2-3H3,(H,27,28). The summed E-state index contributed by atoms with van der Waals surface area (Å²) in [6, 6.07) is 14.1. The molecule has 0 spiro atoms. The number of nitrogens with one attached hydrogen (secondary N) is 1. The van der Waals surface area contributed by atoms with Crippen molar-refractivity contribution in [2.45, 2.75) is 0 Å². The van der Waals surface area contributed by atoms with Gasteiger partial charge >= 0.3 is 5.97 Å². The summed E-state index contributed by atoms with van der Waals surface area (Å²) in [6.45, 7) is 3.89. The topological polar surface area (TPSA) is 78.3 Å². The van der Waals surface area contributed by atoms with Crippen LogP contribution in [0.5, 0.6) is 0 Å². The van der Waals surface area contributed by atoms with Crippen LogP contribution >= 0.6 is 0 Å². The molecule has 3 aromatic rings. The first kappa shape index (κ1) is 19.0. The van der Waals surface area contributed by atoms with E-state index < -0.39 is 5.97 Å². The third-order valence-corrected chi connectivity index (χ3v) is 4.34. The lowest BCUT2D eigenvalue weighted by Gasteiger charge is -2.11. The van der Waals surface area contributed by atoms with Crippen LogP contribution in [0.25, 0.3) is 24.4 Å². The fraction of sp³-hybridized carbons (Fsp3) is 0.0909. The molecule has 1 aromatic heterocycles. The van der Waals surface area contributed by atoms with Crippen molar-refractivity contribution >= 4 is 30.4 Å². The van der Waals surface area contributed by atoms with Crippen LogP contribution in [0.3, 0.4) is 0 Å². The summed E-state index contributed by atoms with van der Waals surface area (Å²) >= 11 is 0. The fourth-order valence-corrected chi connectivity index (χ4v) is 2.74. The minimum atomic E-state index is -1.01. The minimum absolute atomic E-state index is 0.160. The van der Waals surface area contributed by atoms with Gasteiger partial charge in [0.25, 0.3) is 5.56 Å². The largest absolute Gasteiger partial charge is 0.478 e. The number of carbonyl (C=O) groups is 1. The van der Waals surface area contributed by atoms with Crippen molar-refractivity contribution in [1.82, 2.24) is 9.78 Å². The average molecular weight is 375 g/mol. The molecule has 0 bridgehead atoms. The molecule has 2 aromatic carbocycles. The van der Waals surface area contributed by atoms with Crippen molar-refractivity contribution in [3.8, 4) is 5.69 Å². The number of benzene rings is 2. The van der Waals surface area contributed by atoms with Gasteiger partial charge in [0.15, 0.2) is 0 Å². The number of anilines is 1. The number of carboxylic acids is 1. The van der Waals surface area contributed by atoms with E-state index in [1.54, 1.807) is 18.2 Å². The van der Waals surface area contributed by atoms with E-state index >= 15 is 0 Å². The number of allylic oxidation sites excluding steroid dienone is 1. The summed E-state index contributed by atoms with van der Waals surface area (Å²) in [6.07, 6.45) is 5.43. The van der Waals surface area contributed by atoms with Crippen molar-refractivity contribution in [2.24, 2.45) is 0 Å². The number of aromatic amines is 1. The zero-order valence-corrected chi connectivity index (χ0v) is 15.7. The highest BCUT2D eigenvalue weighted by molar-refractivity contribution is 5.87. The average Bonchev–Trinajstić information content (AvgIpc) is 2.96. The quantitative estimate of drug-likeness (QED) is 0.713. The Morgan fingerprint density at radius 3 is 2.32 bits per heavy atom. The van der Waals surface area contributed by atoms with Crippen molar-refractivity contribution in [3.63, 3.8) is 0 Å². The number of H-pyrrole nitrogens is 1. The summed E-state index contributed by atoms with van der Waals surface area (Å²) in [5, 5.41) is 12.8. The van der Waals surface area contributed by atoms with Gasteiger partial charge in [0.1, 0.15) is 0 Å². The van der Waals surface area contributed by atoms with Crippen LogP contribution in [0.1, 0.15) is 15.9 Å². The molecule has 28 heavy (non-hydrogen) atoms. The molecule has 6 nitrogen and oxygen atoms in total. The molecule has 3 rings (SSSR count). The second-order valence-corrected chi connectivity index (χ2v) is 6.51. The van der Waals surface area contributed by atoms with Gasteiger partial charge in [-0.15, -0.1) is 0 Å². The summed E-state index contributed by atoms with van der Waals surface area (Å²) in [7, 11) is 3.97. The molecule has 0 radical (unpaired) electrons. The van der Waals surface area contributed by atoms with Crippen LogP contribution in [0.4, 0.5) is 5.69 Å². The lowest BCUT2D eigenvalue weighted by Crippen LogP contribution is -2.33. The summed E-state index contributed by atoms with van der Waals surface area (Å²) in [5.41, 5.74) is 2.59. The first-order valence-corrected chi connectivity index (χ1v) is 8.66. The predicted octanol–water partition coefficient (Wildman–Crippen LogP) is 1.83.